The van der Waals surface area contributed by atoms with Gasteiger partial charge in [0.15, 0.2) is 34.7 Å². The van der Waals surface area contributed by atoms with E-state index < -0.39 is 58.3 Å². The van der Waals surface area contributed by atoms with Crippen LogP contribution in [0.25, 0.3) is 11.1 Å². The molecule has 0 radical (unpaired) electrons. The van der Waals surface area contributed by atoms with Crippen molar-refractivity contribution < 1.29 is 34.2 Å². The molecule has 9 heteroatoms. The van der Waals surface area contributed by atoms with Gasteiger partial charge in [0.25, 0.3) is 0 Å². The number of rotatable bonds is 2. The molecule has 174 valence electrons. The SMILES string of the molecule is NC(=O)C1C(=O)C[C@@H]2C[C@@H]3Cc4c(-c5ccccc5Cl)ccc(O)c4C(=O)C3C(=O)[C@]2(O)C1=O. The van der Waals surface area contributed by atoms with Gasteiger partial charge in [0.1, 0.15) is 5.75 Å². The lowest BCUT2D eigenvalue weighted by atomic mass is 9.53. The van der Waals surface area contributed by atoms with Crippen molar-refractivity contribution in [2.45, 2.75) is 24.9 Å². The monoisotopic (exact) mass is 481 g/mol. The normalized spacial score (nSPS) is 30.4. The Balaban J connectivity index is 1.63. The number of nitrogens with two attached hydrogens (primary N) is 1. The number of halogens is 1. The summed E-state index contributed by atoms with van der Waals surface area (Å²) in [6, 6.07) is 10.0. The summed E-state index contributed by atoms with van der Waals surface area (Å²) >= 11 is 6.37. The molecule has 3 aliphatic carbocycles. The van der Waals surface area contributed by atoms with E-state index in [1.165, 1.54) is 6.07 Å². The molecule has 5 rings (SSSR count). The molecule has 2 unspecified atom stereocenters. The van der Waals surface area contributed by atoms with Gasteiger partial charge in [-0.05, 0) is 42.0 Å². The Morgan fingerprint density at radius 3 is 2.38 bits per heavy atom. The zero-order chi connectivity index (χ0) is 24.5. The van der Waals surface area contributed by atoms with Crippen LogP contribution in [0.3, 0.4) is 0 Å². The molecule has 1 amide bonds. The molecule has 0 aliphatic heterocycles. The van der Waals surface area contributed by atoms with E-state index in [-0.39, 0.29) is 30.6 Å². The first-order chi connectivity index (χ1) is 16.1. The zero-order valence-electron chi connectivity index (χ0n) is 17.8. The van der Waals surface area contributed by atoms with Crippen molar-refractivity contribution in [2.24, 2.45) is 29.4 Å². The van der Waals surface area contributed by atoms with Crippen LogP contribution in [0.4, 0.5) is 0 Å². The summed E-state index contributed by atoms with van der Waals surface area (Å²) in [4.78, 5) is 64.1. The number of aromatic hydroxyl groups is 1. The molecule has 0 spiro atoms. The smallest absolute Gasteiger partial charge is 0.235 e. The minimum atomic E-state index is -2.65. The summed E-state index contributed by atoms with van der Waals surface area (Å²) in [5.41, 5.74) is 4.27. The average molecular weight is 482 g/mol. The summed E-state index contributed by atoms with van der Waals surface area (Å²) in [6.07, 6.45) is -0.136. The molecular weight excluding hydrogens is 462 g/mol. The zero-order valence-corrected chi connectivity index (χ0v) is 18.5. The van der Waals surface area contributed by atoms with E-state index in [0.717, 1.165) is 0 Å². The van der Waals surface area contributed by atoms with Gasteiger partial charge in [0, 0.05) is 22.9 Å². The maximum absolute atomic E-state index is 13.6. The summed E-state index contributed by atoms with van der Waals surface area (Å²) in [7, 11) is 0. The lowest BCUT2D eigenvalue weighted by Gasteiger charge is -2.48. The summed E-state index contributed by atoms with van der Waals surface area (Å²) < 4.78 is 0. The number of carbonyl (C=O) groups excluding carboxylic acids is 5. The van der Waals surface area contributed by atoms with Gasteiger partial charge in [-0.15, -0.1) is 0 Å². The van der Waals surface area contributed by atoms with Crippen LogP contribution in [0.15, 0.2) is 36.4 Å². The Hall–Kier alpha value is -3.36. The van der Waals surface area contributed by atoms with Crippen LogP contribution in [0.2, 0.25) is 5.02 Å². The van der Waals surface area contributed by atoms with Gasteiger partial charge >= 0.3 is 0 Å². The van der Waals surface area contributed by atoms with Crippen molar-refractivity contribution >= 4 is 40.6 Å². The van der Waals surface area contributed by atoms with Crippen molar-refractivity contribution in [1.29, 1.82) is 0 Å². The third-order valence-corrected chi connectivity index (χ3v) is 7.78. The quantitative estimate of drug-likeness (QED) is 0.551. The number of Topliss-reactive ketones (excluding diaryl/α,β-unsaturated/α-hetero) is 4. The highest BCUT2D eigenvalue weighted by molar-refractivity contribution is 6.34. The van der Waals surface area contributed by atoms with Crippen LogP contribution in [-0.2, 0) is 25.6 Å². The number of hydrogen-bond acceptors (Lipinski definition) is 7. The van der Waals surface area contributed by atoms with Gasteiger partial charge in [-0.2, -0.15) is 0 Å². The van der Waals surface area contributed by atoms with Gasteiger partial charge in [-0.25, -0.2) is 0 Å². The first-order valence-corrected chi connectivity index (χ1v) is 11.2. The Morgan fingerprint density at radius 1 is 1.00 bits per heavy atom. The fraction of sp³-hybridized carbons (Fsp3) is 0.320. The van der Waals surface area contributed by atoms with E-state index in [4.69, 9.17) is 17.3 Å². The maximum Gasteiger partial charge on any atom is 0.235 e. The number of benzene rings is 2. The van der Waals surface area contributed by atoms with Crippen LogP contribution in [0, 0.1) is 23.7 Å². The number of amides is 1. The highest BCUT2D eigenvalue weighted by Gasteiger charge is 2.66. The average Bonchev–Trinajstić information content (AvgIpc) is 2.77. The number of ketones is 4. The minimum Gasteiger partial charge on any atom is -0.507 e. The molecule has 0 aromatic heterocycles. The second-order valence-electron chi connectivity index (χ2n) is 9.21. The number of primary amides is 1. The third kappa shape index (κ3) is 2.91. The highest BCUT2D eigenvalue weighted by atomic mass is 35.5. The van der Waals surface area contributed by atoms with Crippen LogP contribution in [-0.4, -0.2) is 44.9 Å². The second-order valence-corrected chi connectivity index (χ2v) is 9.61. The minimum absolute atomic E-state index is 0.0403. The van der Waals surface area contributed by atoms with Crippen LogP contribution < -0.4 is 5.73 Å². The van der Waals surface area contributed by atoms with Crippen LogP contribution in [0.1, 0.15) is 28.8 Å². The first kappa shape index (κ1) is 22.4. The Kier molecular flexibility index (Phi) is 5.00. The lowest BCUT2D eigenvalue weighted by molar-refractivity contribution is -0.175. The van der Waals surface area contributed by atoms with Gasteiger partial charge < -0.3 is 15.9 Å². The van der Waals surface area contributed by atoms with Crippen LogP contribution >= 0.6 is 11.6 Å². The fourth-order valence-electron chi connectivity index (χ4n) is 5.90. The molecule has 3 aliphatic rings. The molecule has 0 saturated heterocycles. The van der Waals surface area contributed by atoms with Crippen molar-refractivity contribution in [3.05, 3.63) is 52.5 Å². The predicted molar refractivity (Wildman–Crippen MR) is 119 cm³/mol. The van der Waals surface area contributed by atoms with Gasteiger partial charge in [0.05, 0.1) is 11.5 Å². The maximum atomic E-state index is 13.6. The number of fused-ring (bicyclic) bond motifs is 3. The Labute approximate surface area is 198 Å². The molecule has 2 aromatic rings. The van der Waals surface area contributed by atoms with Crippen molar-refractivity contribution in [3.63, 3.8) is 0 Å². The molecule has 2 aromatic carbocycles. The molecular formula is C25H20ClNO7. The molecule has 5 atom stereocenters. The largest absolute Gasteiger partial charge is 0.507 e. The number of hydrogen-bond donors (Lipinski definition) is 3. The van der Waals surface area contributed by atoms with Crippen molar-refractivity contribution in [1.82, 2.24) is 0 Å². The summed E-state index contributed by atoms with van der Waals surface area (Å²) in [6.45, 7) is 0. The molecule has 2 saturated carbocycles. The Bertz CT molecular complexity index is 1320. The standard InChI is InChI=1S/C25H20ClNO7/c26-15-4-2-1-3-13(15)12-5-6-16(28)19-14(12)8-10-7-11-9-17(29)20(24(27)33)23(32)25(11,34)22(31)18(10)21(19)30/h1-6,10-11,18,20,28,34H,7-9H2,(H2,27,33)/t10-,11+,18?,20?,25+/m1/s1. The molecule has 34 heavy (non-hydrogen) atoms. The van der Waals surface area contributed by atoms with E-state index >= 15 is 0 Å². The molecule has 8 nitrogen and oxygen atoms in total. The highest BCUT2D eigenvalue weighted by Crippen LogP contribution is 2.51. The van der Waals surface area contributed by atoms with E-state index in [1.807, 2.05) is 0 Å². The summed E-state index contributed by atoms with van der Waals surface area (Å²) in [5.74, 6) is -10.3. The third-order valence-electron chi connectivity index (χ3n) is 7.45. The van der Waals surface area contributed by atoms with E-state index in [2.05, 4.69) is 0 Å². The van der Waals surface area contributed by atoms with Gasteiger partial charge in [-0.3, -0.25) is 24.0 Å². The van der Waals surface area contributed by atoms with Gasteiger partial charge in [-0.1, -0.05) is 35.9 Å². The lowest BCUT2D eigenvalue weighted by Crippen LogP contribution is -2.68. The molecule has 4 N–H and O–H groups in total. The number of carbonyl (C=O) groups is 5. The number of aliphatic hydroxyl groups is 1. The van der Waals surface area contributed by atoms with E-state index in [1.54, 1.807) is 30.3 Å². The molecule has 0 heterocycles. The fourth-order valence-corrected chi connectivity index (χ4v) is 6.14. The van der Waals surface area contributed by atoms with Crippen molar-refractivity contribution in [2.75, 3.05) is 0 Å². The van der Waals surface area contributed by atoms with E-state index in [9.17, 15) is 34.2 Å². The van der Waals surface area contributed by atoms with E-state index in [0.29, 0.717) is 21.7 Å². The molecule has 0 bridgehead atoms. The van der Waals surface area contributed by atoms with Crippen molar-refractivity contribution in [3.8, 4) is 16.9 Å². The summed E-state index contributed by atoms with van der Waals surface area (Å²) in [5, 5.41) is 22.2. The Morgan fingerprint density at radius 2 is 1.71 bits per heavy atom. The first-order valence-electron chi connectivity index (χ1n) is 10.8. The predicted octanol–water partition coefficient (Wildman–Crippen LogP) is 1.65. The van der Waals surface area contributed by atoms with Crippen LogP contribution in [0.5, 0.6) is 5.75 Å². The number of phenolic OH excluding ortho intramolecular Hbond substituents is 1. The molecule has 2 fully saturated rings. The van der Waals surface area contributed by atoms with Gasteiger partial charge in [0.2, 0.25) is 5.91 Å². The topological polar surface area (TPSA) is 152 Å². The second kappa shape index (κ2) is 7.58. The number of phenols is 1.